The number of carbonyl (C=O) groups excluding carboxylic acids is 2. The lowest BCUT2D eigenvalue weighted by molar-refractivity contribution is 0.0588. The summed E-state index contributed by atoms with van der Waals surface area (Å²) in [7, 11) is 2.48. The number of carbonyl (C=O) groups is 2. The van der Waals surface area contributed by atoms with Gasteiger partial charge < -0.3 is 29.5 Å². The molecule has 0 fully saturated rings. The molecule has 0 atom stereocenters. The zero-order valence-corrected chi connectivity index (χ0v) is 16.9. The minimum Gasteiger partial charge on any atom is -0.508 e. The first-order valence-electron chi connectivity index (χ1n) is 9.04. The fourth-order valence-electron chi connectivity index (χ4n) is 2.43. The third kappa shape index (κ3) is 6.67. The first kappa shape index (κ1) is 23.1. The zero-order valence-electron chi connectivity index (χ0n) is 16.9. The van der Waals surface area contributed by atoms with Gasteiger partial charge in [0.2, 0.25) is 0 Å². The number of benzene rings is 3. The summed E-state index contributed by atoms with van der Waals surface area (Å²) < 4.78 is 14.5. The molecule has 0 aromatic heterocycles. The summed E-state index contributed by atoms with van der Waals surface area (Å²) in [4.78, 5) is 22.2. The number of methoxy groups -OCH3 is 2. The van der Waals surface area contributed by atoms with Crippen LogP contribution in [0.4, 0.5) is 0 Å². The molecule has 0 amide bonds. The molecule has 0 aliphatic rings. The predicted molar refractivity (Wildman–Crippen MR) is 111 cm³/mol. The maximum atomic E-state index is 11.3. The van der Waals surface area contributed by atoms with Crippen LogP contribution in [0, 0.1) is 0 Å². The maximum Gasteiger partial charge on any atom is 0.341 e. The second-order valence-electron chi connectivity index (χ2n) is 6.14. The predicted octanol–water partition coefficient (Wildman–Crippen LogP) is 3.64. The molecule has 3 aromatic rings. The molecule has 3 rings (SSSR count). The van der Waals surface area contributed by atoms with Crippen molar-refractivity contribution in [1.82, 2.24) is 0 Å². The fraction of sp³-hybridized carbons (Fsp3) is 0.130. The Bertz CT molecular complexity index is 1030. The molecular weight excluding hydrogens is 404 g/mol. The fourth-order valence-corrected chi connectivity index (χ4v) is 2.43. The molecule has 8 nitrogen and oxygen atoms in total. The van der Waals surface area contributed by atoms with Crippen molar-refractivity contribution in [3.8, 4) is 23.0 Å². The van der Waals surface area contributed by atoms with Crippen molar-refractivity contribution in [3.63, 3.8) is 0 Å². The third-order valence-corrected chi connectivity index (χ3v) is 4.01. The van der Waals surface area contributed by atoms with Crippen LogP contribution in [-0.2, 0) is 16.1 Å². The lowest BCUT2D eigenvalue weighted by Gasteiger charge is -2.08. The molecule has 3 N–H and O–H groups in total. The Balaban J connectivity index is 0.000000245. The largest absolute Gasteiger partial charge is 0.508 e. The van der Waals surface area contributed by atoms with Crippen molar-refractivity contribution in [2.24, 2.45) is 0 Å². The van der Waals surface area contributed by atoms with Crippen molar-refractivity contribution in [2.45, 2.75) is 6.61 Å². The van der Waals surface area contributed by atoms with Gasteiger partial charge in [0, 0.05) is 12.1 Å². The molecule has 0 radical (unpaired) electrons. The van der Waals surface area contributed by atoms with Gasteiger partial charge in [-0.25, -0.2) is 9.59 Å². The van der Waals surface area contributed by atoms with Gasteiger partial charge in [0.05, 0.1) is 14.2 Å². The summed E-state index contributed by atoms with van der Waals surface area (Å²) >= 11 is 0. The third-order valence-electron chi connectivity index (χ3n) is 4.01. The summed E-state index contributed by atoms with van der Waals surface area (Å²) in [6, 6.07) is 17.8. The van der Waals surface area contributed by atoms with Crippen LogP contribution in [-0.4, -0.2) is 41.5 Å². The Hall–Kier alpha value is -4.20. The Morgan fingerprint density at radius 2 is 1.29 bits per heavy atom. The molecule has 0 saturated carbocycles. The number of phenolic OH excluding ortho intramolecular Hbond substituents is 3. The molecule has 0 bridgehead atoms. The summed E-state index contributed by atoms with van der Waals surface area (Å²) in [5.74, 6) is -1.26. The van der Waals surface area contributed by atoms with Crippen molar-refractivity contribution in [1.29, 1.82) is 0 Å². The lowest BCUT2D eigenvalue weighted by atomic mass is 10.2. The van der Waals surface area contributed by atoms with E-state index in [1.54, 1.807) is 6.07 Å². The van der Waals surface area contributed by atoms with Crippen LogP contribution < -0.4 is 4.74 Å². The van der Waals surface area contributed by atoms with E-state index in [2.05, 4.69) is 9.47 Å². The summed E-state index contributed by atoms with van der Waals surface area (Å²) in [5, 5.41) is 27.7. The van der Waals surface area contributed by atoms with E-state index < -0.39 is 11.9 Å². The molecule has 0 spiro atoms. The van der Waals surface area contributed by atoms with Gasteiger partial charge in [0.15, 0.2) is 0 Å². The second-order valence-corrected chi connectivity index (χ2v) is 6.14. The smallest absolute Gasteiger partial charge is 0.341 e. The number of esters is 2. The number of ether oxygens (including phenoxy) is 3. The monoisotopic (exact) mass is 426 g/mol. The van der Waals surface area contributed by atoms with Crippen LogP contribution in [0.5, 0.6) is 23.0 Å². The summed E-state index contributed by atoms with van der Waals surface area (Å²) in [5.41, 5.74) is 1.18. The average molecular weight is 426 g/mol. The van der Waals surface area contributed by atoms with E-state index in [0.717, 1.165) is 11.6 Å². The first-order valence-corrected chi connectivity index (χ1v) is 9.04. The SMILES string of the molecule is COC(=O)c1ccc(O)cc1O.COC(=O)c1ccc(OCc2ccccc2)cc1O. The zero-order chi connectivity index (χ0) is 22.8. The highest BCUT2D eigenvalue weighted by Crippen LogP contribution is 2.25. The van der Waals surface area contributed by atoms with Crippen molar-refractivity contribution in [2.75, 3.05) is 14.2 Å². The molecule has 162 valence electrons. The molecule has 0 heterocycles. The van der Waals surface area contributed by atoms with Crippen LogP contribution in [0.2, 0.25) is 0 Å². The molecular formula is C23H22O8. The van der Waals surface area contributed by atoms with Gasteiger partial charge in [-0.15, -0.1) is 0 Å². The molecule has 8 heteroatoms. The molecule has 3 aromatic carbocycles. The number of hydrogen-bond donors (Lipinski definition) is 3. The van der Waals surface area contributed by atoms with Gasteiger partial charge in [-0.1, -0.05) is 30.3 Å². The Morgan fingerprint density at radius 1 is 0.742 bits per heavy atom. The minimum atomic E-state index is -0.632. The topological polar surface area (TPSA) is 123 Å². The van der Waals surface area contributed by atoms with Crippen molar-refractivity contribution < 1.29 is 39.1 Å². The molecule has 31 heavy (non-hydrogen) atoms. The molecule has 0 aliphatic carbocycles. The van der Waals surface area contributed by atoms with Gasteiger partial charge in [0.1, 0.15) is 40.7 Å². The number of aromatic hydroxyl groups is 3. The first-order chi connectivity index (χ1) is 14.8. The number of phenols is 3. The van der Waals surface area contributed by atoms with E-state index in [1.165, 1.54) is 38.5 Å². The summed E-state index contributed by atoms with van der Waals surface area (Å²) in [6.07, 6.45) is 0. The van der Waals surface area contributed by atoms with Gasteiger partial charge in [-0.3, -0.25) is 0 Å². The molecule has 0 unspecified atom stereocenters. The quantitative estimate of drug-likeness (QED) is 0.529. The van der Waals surface area contributed by atoms with Gasteiger partial charge >= 0.3 is 11.9 Å². The normalized spacial score (nSPS) is 9.74. The number of hydrogen-bond acceptors (Lipinski definition) is 8. The average Bonchev–Trinajstić information content (AvgIpc) is 2.78. The number of rotatable bonds is 5. The highest BCUT2D eigenvalue weighted by molar-refractivity contribution is 5.93. The van der Waals surface area contributed by atoms with Crippen LogP contribution in [0.3, 0.4) is 0 Å². The lowest BCUT2D eigenvalue weighted by Crippen LogP contribution is -2.02. The van der Waals surface area contributed by atoms with Gasteiger partial charge in [-0.05, 0) is 29.8 Å². The van der Waals surface area contributed by atoms with Crippen LogP contribution in [0.25, 0.3) is 0 Å². The van der Waals surface area contributed by atoms with Crippen molar-refractivity contribution in [3.05, 3.63) is 83.4 Å². The highest BCUT2D eigenvalue weighted by atomic mass is 16.5. The second kappa shape index (κ2) is 11.1. The minimum absolute atomic E-state index is 0.0373. The van der Waals surface area contributed by atoms with E-state index in [-0.39, 0.29) is 28.4 Å². The Labute approximate surface area is 178 Å². The van der Waals surface area contributed by atoms with E-state index in [4.69, 9.17) is 14.9 Å². The van der Waals surface area contributed by atoms with Crippen LogP contribution >= 0.6 is 0 Å². The maximum absolute atomic E-state index is 11.3. The standard InChI is InChI=1S/C15H14O4.C8H8O4/c1-18-15(17)13-8-7-12(9-14(13)16)19-10-11-5-3-2-4-6-11;1-12-8(11)6-3-2-5(9)4-7(6)10/h2-9,16H,10H2,1H3;2-4,9-10H,1H3. The van der Waals surface area contributed by atoms with Crippen LogP contribution in [0.15, 0.2) is 66.7 Å². The molecule has 0 saturated heterocycles. The Morgan fingerprint density at radius 3 is 1.81 bits per heavy atom. The van der Waals surface area contributed by atoms with Crippen LogP contribution in [0.1, 0.15) is 26.3 Å². The van der Waals surface area contributed by atoms with Gasteiger partial charge in [-0.2, -0.15) is 0 Å². The highest BCUT2D eigenvalue weighted by Gasteiger charge is 2.12. The van der Waals surface area contributed by atoms with E-state index in [1.807, 2.05) is 30.3 Å². The van der Waals surface area contributed by atoms with E-state index in [9.17, 15) is 14.7 Å². The molecule has 0 aliphatic heterocycles. The summed E-state index contributed by atoms with van der Waals surface area (Å²) in [6.45, 7) is 0.401. The van der Waals surface area contributed by atoms with E-state index in [0.29, 0.717) is 12.4 Å². The van der Waals surface area contributed by atoms with Gasteiger partial charge in [0.25, 0.3) is 0 Å². The Kier molecular flexibility index (Phi) is 8.27. The van der Waals surface area contributed by atoms with Crippen molar-refractivity contribution >= 4 is 11.9 Å². The van der Waals surface area contributed by atoms with E-state index >= 15 is 0 Å².